The van der Waals surface area contributed by atoms with Crippen LogP contribution < -0.4 is 5.32 Å². The Morgan fingerprint density at radius 2 is 2.17 bits per heavy atom. The molecule has 29 heavy (non-hydrogen) atoms. The Morgan fingerprint density at radius 3 is 3.10 bits per heavy atom. The van der Waals surface area contributed by atoms with Crippen LogP contribution in [0.5, 0.6) is 0 Å². The van der Waals surface area contributed by atoms with E-state index in [1.54, 1.807) is 12.4 Å². The van der Waals surface area contributed by atoms with Crippen molar-refractivity contribution >= 4 is 29.0 Å². The first kappa shape index (κ1) is 17.9. The molecule has 3 aromatic rings. The predicted octanol–water partition coefficient (Wildman–Crippen LogP) is 3.48. The number of aromatic nitrogens is 6. The van der Waals surface area contributed by atoms with E-state index in [1.165, 1.54) is 19.3 Å². The summed E-state index contributed by atoms with van der Waals surface area (Å²) in [6.45, 7) is 2.82. The summed E-state index contributed by atoms with van der Waals surface area (Å²) >= 11 is 0. The van der Waals surface area contributed by atoms with Crippen LogP contribution in [0.4, 0.5) is 11.5 Å². The van der Waals surface area contributed by atoms with Crippen molar-refractivity contribution in [3.05, 3.63) is 42.4 Å². The Balaban J connectivity index is 1.36. The maximum Gasteiger partial charge on any atom is 0.221 e. The minimum absolute atomic E-state index is 0.441. The fourth-order valence-electron chi connectivity index (χ4n) is 4.35. The molecule has 4 heterocycles. The summed E-state index contributed by atoms with van der Waals surface area (Å²) in [6.07, 6.45) is 16.3. The first-order valence-corrected chi connectivity index (χ1v) is 10.2. The third-order valence-corrected chi connectivity index (χ3v) is 5.74. The quantitative estimate of drug-likeness (QED) is 0.735. The van der Waals surface area contributed by atoms with E-state index in [0.29, 0.717) is 35.0 Å². The number of aryl methyl sites for hydroxylation is 1. The molecule has 3 unspecified atom stereocenters. The van der Waals surface area contributed by atoms with Crippen molar-refractivity contribution in [3.63, 3.8) is 0 Å². The Bertz CT molecular complexity index is 1070. The number of hydrogen-bond donors (Lipinski definition) is 1. The van der Waals surface area contributed by atoms with Gasteiger partial charge in [0.05, 0.1) is 24.1 Å². The summed E-state index contributed by atoms with van der Waals surface area (Å²) in [5, 5.41) is 11.8. The van der Waals surface area contributed by atoms with Gasteiger partial charge in [0.15, 0.2) is 11.5 Å². The molecule has 0 amide bonds. The zero-order chi connectivity index (χ0) is 19.6. The molecule has 1 aliphatic carbocycles. The van der Waals surface area contributed by atoms with Crippen LogP contribution in [0, 0.1) is 18.8 Å². The zero-order valence-corrected chi connectivity index (χ0v) is 16.4. The highest BCUT2D eigenvalue weighted by atomic mass is 15.5. The van der Waals surface area contributed by atoms with Crippen LogP contribution in [-0.4, -0.2) is 42.2 Å². The van der Waals surface area contributed by atoms with Crippen molar-refractivity contribution in [2.75, 3.05) is 5.32 Å². The number of hydrogen-bond acceptors (Lipinski definition) is 7. The van der Waals surface area contributed by atoms with Gasteiger partial charge in [-0.2, -0.15) is 0 Å². The molecule has 0 saturated heterocycles. The lowest BCUT2D eigenvalue weighted by atomic mass is 9.89. The van der Waals surface area contributed by atoms with Crippen molar-refractivity contribution in [1.82, 2.24) is 29.9 Å². The number of allylic oxidation sites excluding steroid dienone is 1. The fourth-order valence-corrected chi connectivity index (χ4v) is 4.35. The van der Waals surface area contributed by atoms with Gasteiger partial charge in [-0.1, -0.05) is 17.7 Å². The molecule has 1 aliphatic heterocycles. The van der Waals surface area contributed by atoms with Crippen molar-refractivity contribution in [2.45, 2.75) is 45.2 Å². The summed E-state index contributed by atoms with van der Waals surface area (Å²) in [7, 11) is 0. The molecular weight excluding hydrogens is 364 g/mol. The molecule has 3 aromatic heterocycles. The minimum Gasteiger partial charge on any atom is -0.338 e. The van der Waals surface area contributed by atoms with Crippen LogP contribution in [0.2, 0.25) is 0 Å². The van der Waals surface area contributed by atoms with Crippen molar-refractivity contribution in [2.24, 2.45) is 16.8 Å². The number of aliphatic imine (C=N–C) groups is 1. The molecular formula is C21H24N8. The van der Waals surface area contributed by atoms with Gasteiger partial charge in [-0.05, 0) is 55.7 Å². The second kappa shape index (κ2) is 7.69. The van der Waals surface area contributed by atoms with Gasteiger partial charge in [-0.25, -0.2) is 14.6 Å². The van der Waals surface area contributed by atoms with E-state index < -0.39 is 0 Å². The maximum absolute atomic E-state index is 4.73. The first-order chi connectivity index (χ1) is 14.2. The molecule has 0 bridgehead atoms. The Hall–Kier alpha value is -3.16. The summed E-state index contributed by atoms with van der Waals surface area (Å²) in [5.41, 5.74) is 3.26. The fraction of sp³-hybridized carbons (Fsp3) is 0.429. The second-order valence-corrected chi connectivity index (χ2v) is 8.00. The molecule has 0 aromatic carbocycles. The van der Waals surface area contributed by atoms with Crippen molar-refractivity contribution in [1.29, 1.82) is 0 Å². The lowest BCUT2D eigenvalue weighted by Gasteiger charge is -2.23. The molecule has 1 saturated carbocycles. The average molecular weight is 388 g/mol. The molecule has 5 rings (SSSR count). The largest absolute Gasteiger partial charge is 0.338 e. The normalized spacial score (nSPS) is 23.7. The van der Waals surface area contributed by atoms with Gasteiger partial charge in [0.1, 0.15) is 0 Å². The molecule has 1 fully saturated rings. The number of rotatable bonds is 4. The SMILES string of the molecule is Cc1cncc(Nc2cnc3nnn(CC4CCCC5N=CC=CC5C4)c3n2)c1. The van der Waals surface area contributed by atoms with E-state index in [9.17, 15) is 0 Å². The monoisotopic (exact) mass is 388 g/mol. The molecule has 148 valence electrons. The molecule has 0 spiro atoms. The van der Waals surface area contributed by atoms with E-state index in [2.05, 4.69) is 42.7 Å². The van der Waals surface area contributed by atoms with Gasteiger partial charge in [0, 0.05) is 19.0 Å². The van der Waals surface area contributed by atoms with E-state index in [-0.39, 0.29) is 0 Å². The molecule has 8 nitrogen and oxygen atoms in total. The predicted molar refractivity (Wildman–Crippen MR) is 112 cm³/mol. The second-order valence-electron chi connectivity index (χ2n) is 8.00. The van der Waals surface area contributed by atoms with E-state index in [0.717, 1.165) is 24.2 Å². The van der Waals surface area contributed by atoms with Crippen LogP contribution in [0.15, 0.2) is 41.8 Å². The summed E-state index contributed by atoms with van der Waals surface area (Å²) < 4.78 is 1.91. The topological polar surface area (TPSA) is 93.8 Å². The van der Waals surface area contributed by atoms with Crippen molar-refractivity contribution in [3.8, 4) is 0 Å². The highest BCUT2D eigenvalue weighted by Gasteiger charge is 2.28. The zero-order valence-electron chi connectivity index (χ0n) is 16.4. The smallest absolute Gasteiger partial charge is 0.221 e. The maximum atomic E-state index is 4.73. The van der Waals surface area contributed by atoms with Gasteiger partial charge in [0.25, 0.3) is 0 Å². The van der Waals surface area contributed by atoms with Crippen LogP contribution in [0.1, 0.15) is 31.2 Å². The van der Waals surface area contributed by atoms with Crippen molar-refractivity contribution < 1.29 is 0 Å². The number of dihydropyridines is 1. The third kappa shape index (κ3) is 3.87. The van der Waals surface area contributed by atoms with E-state index >= 15 is 0 Å². The Labute approximate surface area is 169 Å². The van der Waals surface area contributed by atoms with Crippen LogP contribution in [0.25, 0.3) is 11.3 Å². The van der Waals surface area contributed by atoms with E-state index in [1.807, 2.05) is 30.1 Å². The summed E-state index contributed by atoms with van der Waals surface area (Å²) in [5.74, 6) is 1.73. The first-order valence-electron chi connectivity index (χ1n) is 10.2. The molecule has 0 radical (unpaired) electrons. The Morgan fingerprint density at radius 1 is 1.21 bits per heavy atom. The number of nitrogens with one attached hydrogen (secondary N) is 1. The van der Waals surface area contributed by atoms with Gasteiger partial charge >= 0.3 is 0 Å². The van der Waals surface area contributed by atoms with Gasteiger partial charge in [-0.15, -0.1) is 5.10 Å². The highest BCUT2D eigenvalue weighted by molar-refractivity contribution is 5.72. The molecule has 8 heteroatoms. The minimum atomic E-state index is 0.441. The average Bonchev–Trinajstić information content (AvgIpc) is 2.99. The summed E-state index contributed by atoms with van der Waals surface area (Å²) in [6, 6.07) is 2.47. The van der Waals surface area contributed by atoms with Gasteiger partial charge in [0.2, 0.25) is 5.65 Å². The number of fused-ring (bicyclic) bond motifs is 2. The number of nitrogens with zero attached hydrogens (tertiary/aromatic N) is 7. The summed E-state index contributed by atoms with van der Waals surface area (Å²) in [4.78, 5) is 18.0. The molecule has 3 atom stereocenters. The third-order valence-electron chi connectivity index (χ3n) is 5.74. The van der Waals surface area contributed by atoms with Crippen LogP contribution in [0.3, 0.4) is 0 Å². The van der Waals surface area contributed by atoms with Gasteiger partial charge < -0.3 is 5.32 Å². The number of pyridine rings is 1. The van der Waals surface area contributed by atoms with Crippen LogP contribution >= 0.6 is 0 Å². The number of anilines is 2. The van der Waals surface area contributed by atoms with E-state index in [4.69, 9.17) is 4.98 Å². The van der Waals surface area contributed by atoms with Gasteiger partial charge in [-0.3, -0.25) is 9.98 Å². The highest BCUT2D eigenvalue weighted by Crippen LogP contribution is 2.33. The lowest BCUT2D eigenvalue weighted by molar-refractivity contribution is 0.344. The molecule has 1 N–H and O–H groups in total. The molecule has 2 aliphatic rings. The standard InChI is InChI=1S/C21H24N8/c1-14-8-17(11-22-10-14)25-19-12-24-20-21(26-19)29(28-27-20)13-15-4-2-6-18-16(9-15)5-3-7-23-18/h3,5,7-8,10-12,15-16,18H,2,4,6,9,13H2,1H3,(H,25,26). The Kier molecular flexibility index (Phi) is 4.75. The lowest BCUT2D eigenvalue weighted by Crippen LogP contribution is -2.21. The van der Waals surface area contributed by atoms with Crippen LogP contribution in [-0.2, 0) is 6.54 Å².